The van der Waals surface area contributed by atoms with Crippen molar-refractivity contribution in [1.29, 1.82) is 0 Å². The Kier molecular flexibility index (Phi) is 12.9. The van der Waals surface area contributed by atoms with Crippen molar-refractivity contribution in [2.45, 2.75) is 78.0 Å². The van der Waals surface area contributed by atoms with Crippen molar-refractivity contribution in [3.05, 3.63) is 146 Å². The topological polar surface area (TPSA) is 90.5 Å². The van der Waals surface area contributed by atoms with E-state index < -0.39 is 7.05 Å². The molecule has 9 rings (SSSR count). The standard InChI is InChI=1S/C25H28BClN4O.C22H26BClN2O/c1-17-28-10-13-30(17)16-20-14-19-4-3-9-29-25(19)24(22-6-5-21(27)15-23(20)22)18-7-11-31(12-8-18)26(2)32;1-3-15-13-17-5-4-10-25-22(17)21(19-7-6-18(24)14-20(15)19)16-8-11-26(12-9-16)23(2)27/h3-6,9-10,13-15,18,24,32H,7-8,11-12,16H2,1-2H3;4-7,10,13-14,16,21,27H,3,8-9,11-12H2,1-2H3. The third kappa shape index (κ3) is 8.90. The van der Waals surface area contributed by atoms with Crippen molar-refractivity contribution in [3.8, 4) is 0 Å². The number of aryl methyl sites for hydroxylation is 1. The summed E-state index contributed by atoms with van der Waals surface area (Å²) < 4.78 is 2.17. The van der Waals surface area contributed by atoms with Crippen LogP contribution in [0.25, 0.3) is 23.3 Å². The Bertz CT molecular complexity index is 2330. The van der Waals surface area contributed by atoms with Crippen LogP contribution in [-0.2, 0) is 6.54 Å². The second-order valence-electron chi connectivity index (χ2n) is 16.7. The lowest BCUT2D eigenvalue weighted by Gasteiger charge is -2.37. The monoisotopic (exact) mass is 826 g/mol. The smallest absolute Gasteiger partial charge is 0.376 e. The zero-order chi connectivity index (χ0) is 41.2. The molecule has 8 nitrogen and oxygen atoms in total. The van der Waals surface area contributed by atoms with Gasteiger partial charge in [-0.05, 0) is 184 Å². The first-order valence-electron chi connectivity index (χ1n) is 21.3. The van der Waals surface area contributed by atoms with E-state index in [1.165, 1.54) is 50.2 Å². The first-order valence-corrected chi connectivity index (χ1v) is 22.1. The van der Waals surface area contributed by atoms with Crippen molar-refractivity contribution in [2.24, 2.45) is 11.8 Å². The van der Waals surface area contributed by atoms with Crippen LogP contribution >= 0.6 is 23.2 Å². The molecule has 2 aromatic carbocycles. The summed E-state index contributed by atoms with van der Waals surface area (Å²) >= 11 is 12.9. The fourth-order valence-electron chi connectivity index (χ4n) is 9.99. The second kappa shape index (κ2) is 18.3. The van der Waals surface area contributed by atoms with Crippen LogP contribution in [0.15, 0.2) is 85.5 Å². The molecule has 304 valence electrons. The van der Waals surface area contributed by atoms with Crippen molar-refractivity contribution in [3.63, 3.8) is 0 Å². The number of hydrogen-bond acceptors (Lipinski definition) is 7. The fourth-order valence-corrected chi connectivity index (χ4v) is 10.3. The number of halogens is 2. The van der Waals surface area contributed by atoms with Gasteiger partial charge in [0.15, 0.2) is 0 Å². The molecular weight excluding hydrogens is 773 g/mol. The normalized spacial score (nSPS) is 19.7. The molecule has 4 aliphatic rings. The van der Waals surface area contributed by atoms with Gasteiger partial charge in [0, 0.05) is 53.2 Å². The number of pyridine rings is 2. The van der Waals surface area contributed by atoms with Crippen molar-refractivity contribution in [2.75, 3.05) is 26.2 Å². The van der Waals surface area contributed by atoms with Gasteiger partial charge in [0.25, 0.3) is 0 Å². The Morgan fingerprint density at radius 1 is 0.661 bits per heavy atom. The molecule has 2 saturated heterocycles. The minimum Gasteiger partial charge on any atom is -0.437 e. The summed E-state index contributed by atoms with van der Waals surface area (Å²) in [5, 5.41) is 21.5. The first kappa shape index (κ1) is 41.7. The quantitative estimate of drug-likeness (QED) is 0.158. The number of hydrogen-bond donors (Lipinski definition) is 2. The van der Waals surface area contributed by atoms with Crippen LogP contribution in [0, 0.1) is 18.8 Å². The van der Waals surface area contributed by atoms with Crippen LogP contribution in [0.1, 0.15) is 101 Å². The van der Waals surface area contributed by atoms with Gasteiger partial charge in [0.1, 0.15) is 5.82 Å². The SMILES string of the molecule is CB(O)N1CCC(C2c3ccc(Cl)cc3C(Cn3ccnc3C)=Cc3cccnc32)CC1.CCC1=Cc2cccnc2C(C2CCN(B(C)O)CC2)c2ccc(Cl)cc21. The highest BCUT2D eigenvalue weighted by molar-refractivity contribution is 6.45. The van der Waals surface area contributed by atoms with E-state index >= 15 is 0 Å². The molecule has 2 aliphatic heterocycles. The summed E-state index contributed by atoms with van der Waals surface area (Å²) in [6, 6.07) is 21.1. The van der Waals surface area contributed by atoms with E-state index in [0.29, 0.717) is 11.8 Å². The largest absolute Gasteiger partial charge is 0.437 e. The highest BCUT2D eigenvalue weighted by Crippen LogP contribution is 2.47. The highest BCUT2D eigenvalue weighted by atomic mass is 35.5. The molecule has 0 amide bonds. The van der Waals surface area contributed by atoms with E-state index in [9.17, 15) is 10.0 Å². The number of rotatable bonds is 7. The van der Waals surface area contributed by atoms with Crippen LogP contribution in [0.3, 0.4) is 0 Å². The number of piperidine rings is 2. The Morgan fingerprint density at radius 3 is 1.58 bits per heavy atom. The van der Waals surface area contributed by atoms with E-state index in [1.54, 1.807) is 0 Å². The third-order valence-corrected chi connectivity index (χ3v) is 13.6. The Balaban J connectivity index is 0.000000167. The minimum absolute atomic E-state index is 0.201. The van der Waals surface area contributed by atoms with Crippen molar-refractivity contribution >= 4 is 60.6 Å². The maximum absolute atomic E-state index is 10.0. The second-order valence-corrected chi connectivity index (χ2v) is 17.6. The van der Waals surface area contributed by atoms with Crippen LogP contribution in [-0.4, -0.2) is 79.5 Å². The van der Waals surface area contributed by atoms with Gasteiger partial charge in [-0.3, -0.25) is 9.97 Å². The van der Waals surface area contributed by atoms with Gasteiger partial charge in [-0.2, -0.15) is 0 Å². The van der Waals surface area contributed by atoms with Gasteiger partial charge in [0.2, 0.25) is 0 Å². The number of fused-ring (bicyclic) bond motifs is 4. The summed E-state index contributed by atoms with van der Waals surface area (Å²) in [5.41, 5.74) is 12.4. The molecule has 59 heavy (non-hydrogen) atoms. The summed E-state index contributed by atoms with van der Waals surface area (Å²) in [6.07, 6.45) is 17.4. The van der Waals surface area contributed by atoms with E-state index in [4.69, 9.17) is 33.2 Å². The number of aromatic nitrogens is 4. The lowest BCUT2D eigenvalue weighted by molar-refractivity contribution is 0.235. The molecule has 0 saturated carbocycles. The molecule has 0 radical (unpaired) electrons. The summed E-state index contributed by atoms with van der Waals surface area (Å²) in [4.78, 5) is 18.5. The van der Waals surface area contributed by atoms with Gasteiger partial charge in [-0.15, -0.1) is 0 Å². The molecule has 2 N–H and O–H groups in total. The highest BCUT2D eigenvalue weighted by Gasteiger charge is 2.37. The van der Waals surface area contributed by atoms with Crippen molar-refractivity contribution in [1.82, 2.24) is 29.1 Å². The number of benzene rings is 2. The van der Waals surface area contributed by atoms with Crippen LogP contribution in [0.4, 0.5) is 0 Å². The lowest BCUT2D eigenvalue weighted by atomic mass is 9.73. The van der Waals surface area contributed by atoms with Crippen LogP contribution in [0.2, 0.25) is 23.7 Å². The molecule has 2 fully saturated rings. The van der Waals surface area contributed by atoms with Gasteiger partial charge >= 0.3 is 14.1 Å². The summed E-state index contributed by atoms with van der Waals surface area (Å²) in [7, 11) is -0.766. The van der Waals surface area contributed by atoms with Crippen LogP contribution in [0.5, 0.6) is 0 Å². The minimum atomic E-state index is -0.395. The molecule has 5 heterocycles. The molecular formula is C47H54B2Cl2N6O2. The molecule has 0 spiro atoms. The Morgan fingerprint density at radius 2 is 1.14 bits per heavy atom. The van der Waals surface area contributed by atoms with Gasteiger partial charge < -0.3 is 24.2 Å². The van der Waals surface area contributed by atoms with E-state index in [1.807, 2.05) is 69.6 Å². The van der Waals surface area contributed by atoms with Crippen LogP contribution < -0.4 is 0 Å². The Hall–Kier alpha value is -4.02. The first-order chi connectivity index (χ1) is 28.6. The maximum Gasteiger partial charge on any atom is 0.376 e. The van der Waals surface area contributed by atoms with Crippen molar-refractivity contribution < 1.29 is 10.0 Å². The van der Waals surface area contributed by atoms with Gasteiger partial charge in [-0.25, -0.2) is 4.98 Å². The summed E-state index contributed by atoms with van der Waals surface area (Å²) in [5.74, 6) is 2.43. The molecule has 5 aromatic rings. The molecule has 0 bridgehead atoms. The molecule has 2 atom stereocenters. The zero-order valence-corrected chi connectivity index (χ0v) is 36.1. The fraction of sp³-hybridized carbons (Fsp3) is 0.383. The molecule has 3 aromatic heterocycles. The number of allylic oxidation sites excluding steroid dienone is 2. The average molecular weight is 828 g/mol. The molecule has 12 heteroatoms. The number of imidazole rings is 1. The average Bonchev–Trinajstić information content (AvgIpc) is 3.52. The lowest BCUT2D eigenvalue weighted by Crippen LogP contribution is -2.44. The van der Waals surface area contributed by atoms with E-state index in [2.05, 4.69) is 74.6 Å². The molecule has 2 unspecified atom stereocenters. The predicted octanol–water partition coefficient (Wildman–Crippen LogP) is 9.70. The van der Waals surface area contributed by atoms with Gasteiger partial charge in [0.05, 0.1) is 11.4 Å². The third-order valence-electron chi connectivity index (χ3n) is 13.2. The predicted molar refractivity (Wildman–Crippen MR) is 244 cm³/mol. The maximum atomic E-state index is 10.0. The van der Waals surface area contributed by atoms with Gasteiger partial charge in [-0.1, -0.05) is 54.4 Å². The van der Waals surface area contributed by atoms with E-state index in [-0.39, 0.29) is 18.9 Å². The summed E-state index contributed by atoms with van der Waals surface area (Å²) in [6.45, 7) is 12.3. The zero-order valence-electron chi connectivity index (χ0n) is 34.6. The number of nitrogens with zero attached hydrogens (tertiary/aromatic N) is 6. The van der Waals surface area contributed by atoms with E-state index in [0.717, 1.165) is 86.4 Å². The Labute approximate surface area is 360 Å². The molecule has 2 aliphatic carbocycles.